The fourth-order valence-corrected chi connectivity index (χ4v) is 3.00. The van der Waals surface area contributed by atoms with Gasteiger partial charge in [-0.2, -0.15) is 0 Å². The molecule has 0 saturated carbocycles. The van der Waals surface area contributed by atoms with E-state index in [0.29, 0.717) is 0 Å². The molecule has 0 aliphatic heterocycles. The number of carbonyl (C=O) groups is 5. The largest absolute Gasteiger partial charge is 0.480 e. The van der Waals surface area contributed by atoms with Crippen LogP contribution in [0.15, 0.2) is 30.3 Å². The summed E-state index contributed by atoms with van der Waals surface area (Å²) in [6.45, 7) is 2.46. The monoisotopic (exact) mass is 479 g/mol. The number of primary amides is 1. The summed E-state index contributed by atoms with van der Waals surface area (Å²) in [5.41, 5.74) is 11.6. The van der Waals surface area contributed by atoms with Gasteiger partial charge in [0.05, 0.1) is 12.6 Å². The van der Waals surface area contributed by atoms with Crippen LogP contribution in [0.25, 0.3) is 0 Å². The second kappa shape index (κ2) is 13.9. The average Bonchev–Trinajstić information content (AvgIpc) is 2.78. The number of carboxylic acids is 1. The molecule has 1 aromatic carbocycles. The fourth-order valence-electron chi connectivity index (χ4n) is 3.00. The zero-order chi connectivity index (χ0) is 25.8. The zero-order valence-electron chi connectivity index (χ0n) is 19.2. The Morgan fingerprint density at radius 1 is 0.912 bits per heavy atom. The number of rotatable bonds is 14. The highest BCUT2D eigenvalue weighted by molar-refractivity contribution is 5.94. The summed E-state index contributed by atoms with van der Waals surface area (Å²) in [4.78, 5) is 60.3. The molecular weight excluding hydrogens is 446 g/mol. The van der Waals surface area contributed by atoms with Gasteiger partial charge in [-0.05, 0) is 17.9 Å². The van der Waals surface area contributed by atoms with Gasteiger partial charge in [0.25, 0.3) is 0 Å². The first-order valence-corrected chi connectivity index (χ1v) is 10.8. The van der Waals surface area contributed by atoms with Gasteiger partial charge in [-0.3, -0.25) is 19.2 Å². The van der Waals surface area contributed by atoms with Crippen molar-refractivity contribution in [2.24, 2.45) is 17.4 Å². The van der Waals surface area contributed by atoms with Crippen molar-refractivity contribution in [1.29, 1.82) is 0 Å². The molecule has 0 aromatic heterocycles. The van der Waals surface area contributed by atoms with E-state index in [2.05, 4.69) is 16.0 Å². The Bertz CT molecular complexity index is 862. The molecule has 4 unspecified atom stereocenters. The normalized spacial score (nSPS) is 14.4. The number of hydrogen-bond acceptors (Lipinski definition) is 7. The summed E-state index contributed by atoms with van der Waals surface area (Å²) in [5, 5.41) is 25.5. The third kappa shape index (κ3) is 9.55. The number of carbonyl (C=O) groups excluding carboxylic acids is 4. The second-order valence-corrected chi connectivity index (χ2v) is 8.17. The van der Waals surface area contributed by atoms with Crippen LogP contribution in [-0.4, -0.2) is 70.6 Å². The van der Waals surface area contributed by atoms with E-state index in [0.717, 1.165) is 5.56 Å². The number of carboxylic acid groups (broad SMARTS) is 1. The molecule has 12 nitrogen and oxygen atoms in total. The predicted molar refractivity (Wildman–Crippen MR) is 122 cm³/mol. The van der Waals surface area contributed by atoms with Gasteiger partial charge in [0.15, 0.2) is 0 Å². The Balaban J connectivity index is 3.03. The van der Waals surface area contributed by atoms with Crippen molar-refractivity contribution >= 4 is 29.6 Å². The van der Waals surface area contributed by atoms with Crippen LogP contribution in [0, 0.1) is 5.92 Å². The van der Waals surface area contributed by atoms with Gasteiger partial charge < -0.3 is 37.6 Å². The molecule has 4 amide bonds. The van der Waals surface area contributed by atoms with Gasteiger partial charge in [-0.15, -0.1) is 0 Å². The van der Waals surface area contributed by atoms with Crippen LogP contribution in [0.5, 0.6) is 0 Å². The molecule has 0 heterocycles. The van der Waals surface area contributed by atoms with E-state index in [1.54, 1.807) is 44.2 Å². The van der Waals surface area contributed by atoms with Crippen LogP contribution in [0.3, 0.4) is 0 Å². The molecular formula is C22H33N5O7. The minimum atomic E-state index is -1.53. The maximum absolute atomic E-state index is 13.1. The highest BCUT2D eigenvalue weighted by atomic mass is 16.4. The van der Waals surface area contributed by atoms with Crippen molar-refractivity contribution in [1.82, 2.24) is 16.0 Å². The summed E-state index contributed by atoms with van der Waals surface area (Å²) < 4.78 is 0. The van der Waals surface area contributed by atoms with Gasteiger partial charge in [0.2, 0.25) is 23.6 Å². The summed E-state index contributed by atoms with van der Waals surface area (Å²) in [5.74, 6) is -4.65. The van der Waals surface area contributed by atoms with Gasteiger partial charge in [-0.1, -0.05) is 44.2 Å². The van der Waals surface area contributed by atoms with Gasteiger partial charge in [0, 0.05) is 12.8 Å². The van der Waals surface area contributed by atoms with Crippen molar-refractivity contribution in [3.63, 3.8) is 0 Å². The third-order valence-corrected chi connectivity index (χ3v) is 5.00. The van der Waals surface area contributed by atoms with E-state index in [9.17, 15) is 24.0 Å². The van der Waals surface area contributed by atoms with Gasteiger partial charge >= 0.3 is 5.97 Å². The topological polar surface area (TPSA) is 214 Å². The molecule has 0 aliphatic carbocycles. The average molecular weight is 480 g/mol. The zero-order valence-corrected chi connectivity index (χ0v) is 19.2. The quantitative estimate of drug-likeness (QED) is 0.158. The van der Waals surface area contributed by atoms with E-state index < -0.39 is 66.3 Å². The molecule has 0 aliphatic rings. The SMILES string of the molecule is CC(C)C(NC(=O)C(Cc1ccccc1)NC(=O)C(N)CCC(N)=O)C(=O)NC(CO)C(=O)O. The highest BCUT2D eigenvalue weighted by Gasteiger charge is 2.31. The number of amides is 4. The Morgan fingerprint density at radius 3 is 2.00 bits per heavy atom. The van der Waals surface area contributed by atoms with Crippen molar-refractivity contribution in [2.45, 2.75) is 57.3 Å². The van der Waals surface area contributed by atoms with E-state index in [-0.39, 0.29) is 19.3 Å². The van der Waals surface area contributed by atoms with Crippen molar-refractivity contribution in [2.75, 3.05) is 6.61 Å². The van der Waals surface area contributed by atoms with Crippen LogP contribution in [0.2, 0.25) is 0 Å². The number of nitrogens with one attached hydrogen (secondary N) is 3. The van der Waals surface area contributed by atoms with E-state index in [1.807, 2.05) is 0 Å². The first-order chi connectivity index (χ1) is 16.0. The Morgan fingerprint density at radius 2 is 1.50 bits per heavy atom. The minimum absolute atomic E-state index is 0.00436. The summed E-state index contributed by atoms with van der Waals surface area (Å²) >= 11 is 0. The highest BCUT2D eigenvalue weighted by Crippen LogP contribution is 2.08. The molecule has 0 spiro atoms. The van der Waals surface area contributed by atoms with Crippen LogP contribution in [0.4, 0.5) is 0 Å². The van der Waals surface area contributed by atoms with Crippen LogP contribution >= 0.6 is 0 Å². The van der Waals surface area contributed by atoms with Crippen LogP contribution in [-0.2, 0) is 30.4 Å². The summed E-state index contributed by atoms with van der Waals surface area (Å²) in [6, 6.07) is 3.95. The molecule has 12 heteroatoms. The Hall–Kier alpha value is -3.51. The Kier molecular flexibility index (Phi) is 11.7. The van der Waals surface area contributed by atoms with Crippen LogP contribution < -0.4 is 27.4 Å². The molecule has 0 saturated heterocycles. The first-order valence-electron chi connectivity index (χ1n) is 10.8. The number of aliphatic hydroxyl groups is 1. The lowest BCUT2D eigenvalue weighted by atomic mass is 10.00. The van der Waals surface area contributed by atoms with Crippen LogP contribution in [0.1, 0.15) is 32.3 Å². The number of nitrogens with two attached hydrogens (primary N) is 2. The number of aliphatic carboxylic acids is 1. The maximum atomic E-state index is 13.1. The molecule has 0 radical (unpaired) electrons. The molecule has 0 fully saturated rings. The van der Waals surface area contributed by atoms with E-state index in [4.69, 9.17) is 21.7 Å². The minimum Gasteiger partial charge on any atom is -0.480 e. The first kappa shape index (κ1) is 28.5. The van der Waals surface area contributed by atoms with Crippen molar-refractivity contribution in [3.8, 4) is 0 Å². The summed E-state index contributed by atoms with van der Waals surface area (Å²) in [6.07, 6.45) is -0.0211. The molecule has 34 heavy (non-hydrogen) atoms. The lowest BCUT2D eigenvalue weighted by Crippen LogP contribution is -2.59. The van der Waals surface area contributed by atoms with Crippen molar-refractivity contribution < 1.29 is 34.2 Å². The maximum Gasteiger partial charge on any atom is 0.328 e. The molecule has 0 bridgehead atoms. The number of aliphatic hydroxyl groups excluding tert-OH is 1. The lowest BCUT2D eigenvalue weighted by molar-refractivity contribution is -0.143. The number of benzene rings is 1. The van der Waals surface area contributed by atoms with Gasteiger partial charge in [0.1, 0.15) is 18.1 Å². The molecule has 9 N–H and O–H groups in total. The third-order valence-electron chi connectivity index (χ3n) is 5.00. The van der Waals surface area contributed by atoms with Gasteiger partial charge in [-0.25, -0.2) is 4.79 Å². The predicted octanol–water partition coefficient (Wildman–Crippen LogP) is -1.99. The Labute approximate surface area is 197 Å². The lowest BCUT2D eigenvalue weighted by Gasteiger charge is -2.27. The fraction of sp³-hybridized carbons (Fsp3) is 0.500. The second-order valence-electron chi connectivity index (χ2n) is 8.17. The molecule has 1 aromatic rings. The molecule has 1 rings (SSSR count). The number of hydrogen-bond donors (Lipinski definition) is 7. The molecule has 188 valence electrons. The molecule has 4 atom stereocenters. The smallest absolute Gasteiger partial charge is 0.328 e. The summed E-state index contributed by atoms with van der Waals surface area (Å²) in [7, 11) is 0. The van der Waals surface area contributed by atoms with E-state index in [1.165, 1.54) is 0 Å². The standard InChI is InChI=1S/C22H33N5O7/c1-12(2)18(21(32)26-16(11-28)22(33)34)27-20(31)15(10-13-6-4-3-5-7-13)25-19(30)14(23)8-9-17(24)29/h3-7,12,14-16,18,28H,8-11,23H2,1-2H3,(H2,24,29)(H,25,30)(H,26,32)(H,27,31)(H,33,34). The van der Waals surface area contributed by atoms with Crippen molar-refractivity contribution in [3.05, 3.63) is 35.9 Å². The van der Waals surface area contributed by atoms with E-state index >= 15 is 0 Å².